The van der Waals surface area contributed by atoms with E-state index in [1.807, 2.05) is 6.92 Å². The molecule has 1 aliphatic heterocycles. The van der Waals surface area contributed by atoms with Crippen LogP contribution in [0.5, 0.6) is 0 Å². The highest BCUT2D eigenvalue weighted by molar-refractivity contribution is 5.86. The van der Waals surface area contributed by atoms with Gasteiger partial charge in [0.2, 0.25) is 5.91 Å². The van der Waals surface area contributed by atoms with Gasteiger partial charge in [0, 0.05) is 18.6 Å². The van der Waals surface area contributed by atoms with Gasteiger partial charge in [-0.15, -0.1) is 24.8 Å². The van der Waals surface area contributed by atoms with E-state index in [4.69, 9.17) is 5.73 Å². The van der Waals surface area contributed by atoms with E-state index < -0.39 is 5.54 Å². The number of hydrogen-bond donors (Lipinski definition) is 2. The molecule has 6 heteroatoms. The summed E-state index contributed by atoms with van der Waals surface area (Å²) in [7, 11) is 2.13. The molecule has 0 bridgehead atoms. The van der Waals surface area contributed by atoms with E-state index in [-0.39, 0.29) is 36.8 Å². The number of rotatable bonds is 4. The van der Waals surface area contributed by atoms with Crippen LogP contribution in [0, 0.1) is 0 Å². The Balaban J connectivity index is 0. The molecule has 1 saturated heterocycles. The summed E-state index contributed by atoms with van der Waals surface area (Å²) >= 11 is 0. The van der Waals surface area contributed by atoms with Gasteiger partial charge in [-0.05, 0) is 40.2 Å². The van der Waals surface area contributed by atoms with Crippen LogP contribution in [0.4, 0.5) is 0 Å². The van der Waals surface area contributed by atoms with Crippen molar-refractivity contribution in [2.24, 2.45) is 5.73 Å². The predicted octanol–water partition coefficient (Wildman–Crippen LogP) is 1.95. The molecule has 1 aliphatic rings. The highest BCUT2D eigenvalue weighted by Gasteiger charge is 2.31. The number of carbonyl (C=O) groups excluding carboxylic acids is 1. The summed E-state index contributed by atoms with van der Waals surface area (Å²) < 4.78 is 0. The quantitative estimate of drug-likeness (QED) is 0.834. The highest BCUT2D eigenvalue weighted by Crippen LogP contribution is 2.17. The summed E-state index contributed by atoms with van der Waals surface area (Å²) in [6.07, 6.45) is 3.71. The number of amides is 1. The Bertz CT molecular complexity index is 275. The van der Waals surface area contributed by atoms with E-state index in [0.29, 0.717) is 6.04 Å². The van der Waals surface area contributed by atoms with Gasteiger partial charge in [0.25, 0.3) is 0 Å². The van der Waals surface area contributed by atoms with Crippen molar-refractivity contribution in [2.45, 2.75) is 64.1 Å². The maximum absolute atomic E-state index is 12.1. The second-order valence-corrected chi connectivity index (χ2v) is 5.69. The van der Waals surface area contributed by atoms with Crippen LogP contribution in [-0.4, -0.2) is 42.0 Å². The summed E-state index contributed by atoms with van der Waals surface area (Å²) in [4.78, 5) is 14.4. The zero-order valence-electron chi connectivity index (χ0n) is 12.4. The molecule has 0 radical (unpaired) electrons. The smallest absolute Gasteiger partial charge is 0.240 e. The number of halogens is 2. The van der Waals surface area contributed by atoms with E-state index in [1.54, 1.807) is 0 Å². The third kappa shape index (κ3) is 6.30. The summed E-state index contributed by atoms with van der Waals surface area (Å²) in [5.74, 6) is 0.00102. The van der Waals surface area contributed by atoms with Gasteiger partial charge < -0.3 is 16.0 Å². The Labute approximate surface area is 129 Å². The van der Waals surface area contributed by atoms with Crippen molar-refractivity contribution < 1.29 is 4.79 Å². The Kier molecular flexibility index (Phi) is 10.1. The van der Waals surface area contributed by atoms with E-state index >= 15 is 0 Å². The monoisotopic (exact) mass is 313 g/mol. The Morgan fingerprint density at radius 2 is 2.05 bits per heavy atom. The number of carbonyl (C=O) groups is 1. The molecule has 116 valence electrons. The zero-order chi connectivity index (χ0) is 13.1. The van der Waals surface area contributed by atoms with E-state index in [1.165, 1.54) is 0 Å². The summed E-state index contributed by atoms with van der Waals surface area (Å²) in [6.45, 7) is 7.12. The lowest BCUT2D eigenvalue weighted by Gasteiger charge is -2.36. The molecule has 1 heterocycles. The third-order valence-electron chi connectivity index (χ3n) is 3.83. The van der Waals surface area contributed by atoms with Crippen LogP contribution in [0.15, 0.2) is 0 Å². The molecule has 3 N–H and O–H groups in total. The minimum absolute atomic E-state index is 0. The van der Waals surface area contributed by atoms with E-state index in [9.17, 15) is 4.79 Å². The van der Waals surface area contributed by atoms with Gasteiger partial charge in [0.15, 0.2) is 0 Å². The van der Waals surface area contributed by atoms with Crippen molar-refractivity contribution >= 4 is 30.7 Å². The van der Waals surface area contributed by atoms with Gasteiger partial charge in [-0.1, -0.05) is 13.3 Å². The first-order valence-corrected chi connectivity index (χ1v) is 6.67. The lowest BCUT2D eigenvalue weighted by atomic mass is 9.94. The fraction of sp³-hybridized carbons (Fsp3) is 0.923. The molecule has 0 aliphatic carbocycles. The SMILES string of the molecule is CCCC(C)(N)C(=O)NC1CCN(C)C(C)C1.Cl.Cl. The van der Waals surface area contributed by atoms with Crippen LogP contribution in [0.25, 0.3) is 0 Å². The minimum atomic E-state index is -0.721. The number of nitrogens with two attached hydrogens (primary N) is 1. The topological polar surface area (TPSA) is 58.4 Å². The molecule has 4 nitrogen and oxygen atoms in total. The van der Waals surface area contributed by atoms with Crippen LogP contribution < -0.4 is 11.1 Å². The van der Waals surface area contributed by atoms with Gasteiger partial charge in [0.1, 0.15) is 0 Å². The average Bonchev–Trinajstić information content (AvgIpc) is 2.23. The second kappa shape index (κ2) is 9.01. The maximum atomic E-state index is 12.1. The molecule has 0 aromatic carbocycles. The summed E-state index contributed by atoms with van der Waals surface area (Å²) in [5, 5.41) is 3.10. The normalized spacial score (nSPS) is 26.6. The first-order valence-electron chi connectivity index (χ1n) is 6.67. The van der Waals surface area contributed by atoms with Crippen molar-refractivity contribution in [1.82, 2.24) is 10.2 Å². The van der Waals surface area contributed by atoms with Gasteiger partial charge in [-0.3, -0.25) is 4.79 Å². The molecule has 19 heavy (non-hydrogen) atoms. The van der Waals surface area contributed by atoms with Crippen molar-refractivity contribution in [3.8, 4) is 0 Å². The lowest BCUT2D eigenvalue weighted by Crippen LogP contribution is -2.56. The minimum Gasteiger partial charge on any atom is -0.352 e. The third-order valence-corrected chi connectivity index (χ3v) is 3.83. The second-order valence-electron chi connectivity index (χ2n) is 5.69. The van der Waals surface area contributed by atoms with Crippen molar-refractivity contribution in [2.75, 3.05) is 13.6 Å². The molecule has 0 saturated carbocycles. The zero-order valence-corrected chi connectivity index (χ0v) is 14.1. The van der Waals surface area contributed by atoms with Crippen LogP contribution in [0.3, 0.4) is 0 Å². The van der Waals surface area contributed by atoms with Crippen molar-refractivity contribution in [3.63, 3.8) is 0 Å². The summed E-state index contributed by atoms with van der Waals surface area (Å²) in [5.41, 5.74) is 5.31. The van der Waals surface area contributed by atoms with Gasteiger partial charge in [0.05, 0.1) is 5.54 Å². The molecular weight excluding hydrogens is 285 g/mol. The Morgan fingerprint density at radius 3 is 2.53 bits per heavy atom. The molecule has 0 aromatic heterocycles. The fourth-order valence-corrected chi connectivity index (χ4v) is 2.40. The standard InChI is InChI=1S/C13H27N3O.2ClH/c1-5-7-13(3,14)12(17)15-11-6-8-16(4)10(2)9-11;;/h10-11H,5-9,14H2,1-4H3,(H,15,17);2*1H. The first-order chi connectivity index (χ1) is 7.86. The van der Waals surface area contributed by atoms with E-state index in [0.717, 1.165) is 32.2 Å². The summed E-state index contributed by atoms with van der Waals surface area (Å²) in [6, 6.07) is 0.817. The number of piperidine rings is 1. The maximum Gasteiger partial charge on any atom is 0.240 e. The lowest BCUT2D eigenvalue weighted by molar-refractivity contribution is -0.127. The van der Waals surface area contributed by atoms with Gasteiger partial charge >= 0.3 is 0 Å². The fourth-order valence-electron chi connectivity index (χ4n) is 2.40. The van der Waals surface area contributed by atoms with E-state index in [2.05, 4.69) is 31.1 Å². The molecule has 1 rings (SSSR count). The van der Waals surface area contributed by atoms with Crippen LogP contribution in [-0.2, 0) is 4.79 Å². The molecule has 1 amide bonds. The molecular formula is C13H29Cl2N3O. The molecule has 3 unspecified atom stereocenters. The Morgan fingerprint density at radius 1 is 1.47 bits per heavy atom. The van der Waals surface area contributed by atoms with Gasteiger partial charge in [-0.2, -0.15) is 0 Å². The molecule has 1 fully saturated rings. The van der Waals surface area contributed by atoms with Crippen LogP contribution >= 0.6 is 24.8 Å². The van der Waals surface area contributed by atoms with Crippen molar-refractivity contribution in [1.29, 1.82) is 0 Å². The van der Waals surface area contributed by atoms with Crippen LogP contribution in [0.2, 0.25) is 0 Å². The number of nitrogens with one attached hydrogen (secondary N) is 1. The molecule has 0 spiro atoms. The average molecular weight is 314 g/mol. The van der Waals surface area contributed by atoms with Gasteiger partial charge in [-0.25, -0.2) is 0 Å². The first kappa shape index (κ1) is 21.3. The molecule has 3 atom stereocenters. The Hall–Kier alpha value is -0.0300. The van der Waals surface area contributed by atoms with Crippen LogP contribution in [0.1, 0.15) is 46.5 Å². The number of hydrogen-bond acceptors (Lipinski definition) is 3. The largest absolute Gasteiger partial charge is 0.352 e. The highest BCUT2D eigenvalue weighted by atomic mass is 35.5. The predicted molar refractivity (Wildman–Crippen MR) is 85.3 cm³/mol. The number of likely N-dealkylation sites (tertiary alicyclic amines) is 1. The number of nitrogens with zero attached hydrogens (tertiary/aromatic N) is 1. The molecule has 0 aromatic rings. The van der Waals surface area contributed by atoms with Crippen molar-refractivity contribution in [3.05, 3.63) is 0 Å².